The second-order valence-corrected chi connectivity index (χ2v) is 9.04. The van der Waals surface area contributed by atoms with E-state index in [2.05, 4.69) is 60.4 Å². The molecule has 7 nitrogen and oxygen atoms in total. The molecule has 4 heterocycles. The zero-order valence-corrected chi connectivity index (χ0v) is 17.9. The van der Waals surface area contributed by atoms with Crippen LogP contribution >= 0.6 is 0 Å². The molecule has 2 aliphatic heterocycles. The Kier molecular flexibility index (Phi) is 4.74. The predicted molar refractivity (Wildman–Crippen MR) is 122 cm³/mol. The molecule has 2 saturated heterocycles. The van der Waals surface area contributed by atoms with Crippen LogP contribution in [0.5, 0.6) is 0 Å². The minimum atomic E-state index is 0.312. The van der Waals surface area contributed by atoms with Gasteiger partial charge in [-0.1, -0.05) is 36.4 Å². The molecule has 1 amide bonds. The molecule has 2 bridgehead atoms. The van der Waals surface area contributed by atoms with Crippen molar-refractivity contribution in [3.63, 3.8) is 0 Å². The molecule has 2 aromatic heterocycles. The van der Waals surface area contributed by atoms with E-state index in [0.29, 0.717) is 30.3 Å². The lowest BCUT2D eigenvalue weighted by atomic mass is 9.89. The molecule has 7 heteroatoms. The maximum absolute atomic E-state index is 13.1. The highest BCUT2D eigenvalue weighted by Gasteiger charge is 2.48. The molecular weight excluding hydrogens is 400 g/mol. The molecule has 32 heavy (non-hydrogen) atoms. The summed E-state index contributed by atoms with van der Waals surface area (Å²) in [4.78, 5) is 15.3. The lowest BCUT2D eigenvalue weighted by molar-refractivity contribution is -0.132. The van der Waals surface area contributed by atoms with Gasteiger partial charge >= 0.3 is 0 Å². The number of nitrogens with zero attached hydrogens (tertiary/aromatic N) is 5. The summed E-state index contributed by atoms with van der Waals surface area (Å²) in [5, 5.41) is 16.5. The number of hydrogen-bond acceptors (Lipinski definition) is 4. The van der Waals surface area contributed by atoms with E-state index in [9.17, 15) is 4.79 Å². The van der Waals surface area contributed by atoms with Gasteiger partial charge in [0.2, 0.25) is 5.91 Å². The smallest absolute Gasteiger partial charge is 0.223 e. The summed E-state index contributed by atoms with van der Waals surface area (Å²) in [5.74, 6) is 0.777. The Hall–Kier alpha value is -3.48. The van der Waals surface area contributed by atoms with Gasteiger partial charge in [0.15, 0.2) is 0 Å². The molecule has 0 radical (unpaired) electrons. The number of rotatable bonds is 6. The Balaban J connectivity index is 1.15. The molecule has 6 rings (SSSR count). The minimum Gasteiger partial charge on any atom is -0.336 e. The minimum absolute atomic E-state index is 0.312. The first-order valence-corrected chi connectivity index (χ1v) is 11.4. The molecule has 0 saturated carbocycles. The van der Waals surface area contributed by atoms with Crippen LogP contribution in [0.4, 0.5) is 0 Å². The van der Waals surface area contributed by atoms with Gasteiger partial charge in [0.25, 0.3) is 0 Å². The SMILES string of the molecule is O=C(CCc1ccccc1)N1C2CCC1C(Cn1ncc3cc(-c4cn[nH]n4)ccc31)C2. The number of carbonyl (C=O) groups excluding carboxylic acids is 1. The summed E-state index contributed by atoms with van der Waals surface area (Å²) in [6.07, 6.45) is 8.40. The molecule has 1 N–H and O–H groups in total. The Morgan fingerprint density at radius 1 is 1.09 bits per heavy atom. The van der Waals surface area contributed by atoms with Crippen LogP contribution < -0.4 is 0 Å². The van der Waals surface area contributed by atoms with Crippen LogP contribution in [0.15, 0.2) is 60.9 Å². The van der Waals surface area contributed by atoms with Gasteiger partial charge in [-0.2, -0.15) is 20.5 Å². The maximum Gasteiger partial charge on any atom is 0.223 e. The molecular formula is C25H26N6O. The summed E-state index contributed by atoms with van der Waals surface area (Å²) in [7, 11) is 0. The van der Waals surface area contributed by atoms with Crippen molar-refractivity contribution in [2.45, 2.75) is 50.7 Å². The van der Waals surface area contributed by atoms with Crippen molar-refractivity contribution in [1.29, 1.82) is 0 Å². The fourth-order valence-corrected chi connectivity index (χ4v) is 5.68. The fraction of sp³-hybridized carbons (Fsp3) is 0.360. The van der Waals surface area contributed by atoms with Crippen molar-refractivity contribution in [1.82, 2.24) is 30.1 Å². The number of amides is 1. The van der Waals surface area contributed by atoms with Gasteiger partial charge in [0.1, 0.15) is 5.69 Å². The summed E-state index contributed by atoms with van der Waals surface area (Å²) in [6, 6.07) is 17.3. The van der Waals surface area contributed by atoms with Crippen molar-refractivity contribution in [2.75, 3.05) is 0 Å². The molecule has 2 aliphatic rings. The van der Waals surface area contributed by atoms with E-state index < -0.39 is 0 Å². The van der Waals surface area contributed by atoms with Crippen LogP contribution in [0, 0.1) is 5.92 Å². The zero-order chi connectivity index (χ0) is 21.5. The number of hydrogen-bond donors (Lipinski definition) is 1. The third-order valence-corrected chi connectivity index (χ3v) is 7.18. The maximum atomic E-state index is 13.1. The third-order valence-electron chi connectivity index (χ3n) is 7.18. The third kappa shape index (κ3) is 3.38. The lowest BCUT2D eigenvalue weighted by Crippen LogP contribution is -2.37. The Labute approximate surface area is 186 Å². The van der Waals surface area contributed by atoms with Crippen molar-refractivity contribution in [3.8, 4) is 11.3 Å². The highest BCUT2D eigenvalue weighted by molar-refractivity contribution is 5.83. The molecule has 3 atom stereocenters. The van der Waals surface area contributed by atoms with Crippen LogP contribution in [-0.2, 0) is 17.8 Å². The Morgan fingerprint density at radius 3 is 2.84 bits per heavy atom. The van der Waals surface area contributed by atoms with Crippen LogP contribution in [-0.4, -0.2) is 48.1 Å². The first-order chi connectivity index (χ1) is 15.8. The topological polar surface area (TPSA) is 79.7 Å². The van der Waals surface area contributed by atoms with Crippen LogP contribution in [0.25, 0.3) is 22.2 Å². The first-order valence-electron chi connectivity index (χ1n) is 11.4. The molecule has 4 aromatic rings. The zero-order valence-electron chi connectivity index (χ0n) is 17.9. The second kappa shape index (κ2) is 7.89. The van der Waals surface area contributed by atoms with Crippen molar-refractivity contribution < 1.29 is 4.79 Å². The lowest BCUT2D eigenvalue weighted by Gasteiger charge is -2.25. The van der Waals surface area contributed by atoms with Gasteiger partial charge in [-0.25, -0.2) is 0 Å². The summed E-state index contributed by atoms with van der Waals surface area (Å²) in [6.45, 7) is 0.858. The van der Waals surface area contributed by atoms with Gasteiger partial charge < -0.3 is 4.90 Å². The van der Waals surface area contributed by atoms with Gasteiger partial charge in [0.05, 0.1) is 17.9 Å². The fourth-order valence-electron chi connectivity index (χ4n) is 5.68. The standard InChI is InChI=1S/C25H26N6O/c32-25(11-6-17-4-2-1-3-5-17)31-21-8-10-24(31)20(13-21)16-30-23-9-7-18(12-19(23)14-27-30)22-15-26-29-28-22/h1-5,7,9,12,14-15,20-21,24H,6,8,10-11,13,16H2,(H,26,28,29). The highest BCUT2D eigenvalue weighted by atomic mass is 16.2. The average molecular weight is 427 g/mol. The second-order valence-electron chi connectivity index (χ2n) is 9.04. The monoisotopic (exact) mass is 426 g/mol. The Morgan fingerprint density at radius 2 is 2.00 bits per heavy atom. The molecule has 2 aromatic carbocycles. The van der Waals surface area contributed by atoms with Gasteiger partial charge in [0, 0.05) is 41.9 Å². The highest BCUT2D eigenvalue weighted by Crippen LogP contribution is 2.43. The molecule has 3 unspecified atom stereocenters. The van der Waals surface area contributed by atoms with E-state index in [4.69, 9.17) is 0 Å². The number of nitrogens with one attached hydrogen (secondary N) is 1. The average Bonchev–Trinajstić information content (AvgIpc) is 3.62. The quantitative estimate of drug-likeness (QED) is 0.508. The first kappa shape index (κ1) is 19.2. The van der Waals surface area contributed by atoms with E-state index in [-0.39, 0.29) is 0 Å². The van der Waals surface area contributed by atoms with E-state index in [1.807, 2.05) is 24.4 Å². The van der Waals surface area contributed by atoms with Gasteiger partial charge in [-0.3, -0.25) is 9.48 Å². The van der Waals surface area contributed by atoms with Gasteiger partial charge in [-0.05, 0) is 43.4 Å². The van der Waals surface area contributed by atoms with Crippen LogP contribution in [0.2, 0.25) is 0 Å². The molecule has 0 aliphatic carbocycles. The van der Waals surface area contributed by atoms with E-state index >= 15 is 0 Å². The number of H-pyrrole nitrogens is 1. The summed E-state index contributed by atoms with van der Waals surface area (Å²) >= 11 is 0. The van der Waals surface area contributed by atoms with E-state index in [0.717, 1.165) is 54.4 Å². The number of fused-ring (bicyclic) bond motifs is 3. The van der Waals surface area contributed by atoms with Crippen molar-refractivity contribution in [2.24, 2.45) is 5.92 Å². The normalized spacial score (nSPS) is 22.1. The number of aromatic amines is 1. The number of benzene rings is 2. The summed E-state index contributed by atoms with van der Waals surface area (Å²) in [5.41, 5.74) is 4.22. The van der Waals surface area contributed by atoms with E-state index in [1.165, 1.54) is 5.56 Å². The predicted octanol–water partition coefficient (Wildman–Crippen LogP) is 3.83. The van der Waals surface area contributed by atoms with Crippen LogP contribution in [0.3, 0.4) is 0 Å². The number of aromatic nitrogens is 5. The van der Waals surface area contributed by atoms with Crippen molar-refractivity contribution >= 4 is 16.8 Å². The van der Waals surface area contributed by atoms with Crippen molar-refractivity contribution in [3.05, 3.63) is 66.5 Å². The molecule has 0 spiro atoms. The van der Waals surface area contributed by atoms with E-state index in [1.54, 1.807) is 6.20 Å². The Bertz CT molecular complexity index is 1230. The molecule has 2 fully saturated rings. The number of carbonyl (C=O) groups is 1. The largest absolute Gasteiger partial charge is 0.336 e. The van der Waals surface area contributed by atoms with Crippen LogP contribution in [0.1, 0.15) is 31.2 Å². The number of aryl methyl sites for hydroxylation is 1. The molecule has 162 valence electrons. The van der Waals surface area contributed by atoms with Gasteiger partial charge in [-0.15, -0.1) is 0 Å². The summed E-state index contributed by atoms with van der Waals surface area (Å²) < 4.78 is 2.11.